The number of rotatable bonds is 3. The first-order valence-corrected chi connectivity index (χ1v) is 6.00. The Labute approximate surface area is 106 Å². The minimum absolute atomic E-state index is 0.187. The highest BCUT2D eigenvalue weighted by Gasteiger charge is 2.46. The van der Waals surface area contributed by atoms with Crippen LogP contribution in [0.15, 0.2) is 30.3 Å². The second-order valence-corrected chi connectivity index (χ2v) is 5.21. The molecule has 1 atom stereocenters. The maximum Gasteiger partial charge on any atom is 0.237 e. The molecular formula is C14H17NO3. The van der Waals surface area contributed by atoms with Crippen LogP contribution in [0.4, 0.5) is 0 Å². The largest absolute Gasteiger partial charge is 0.394 e. The number of carbonyl (C=O) groups is 2. The molecule has 1 unspecified atom stereocenters. The van der Waals surface area contributed by atoms with Gasteiger partial charge in [0.2, 0.25) is 11.8 Å². The number of nitrogens with zero attached hydrogens (tertiary/aromatic N) is 1. The topological polar surface area (TPSA) is 57.6 Å². The summed E-state index contributed by atoms with van der Waals surface area (Å²) in [5, 5.41) is 9.30. The van der Waals surface area contributed by atoms with E-state index in [2.05, 4.69) is 0 Å². The summed E-state index contributed by atoms with van der Waals surface area (Å²) in [4.78, 5) is 25.5. The molecule has 1 heterocycles. The second-order valence-electron chi connectivity index (χ2n) is 5.21. The van der Waals surface area contributed by atoms with E-state index >= 15 is 0 Å². The summed E-state index contributed by atoms with van der Waals surface area (Å²) in [5.41, 5.74) is 0.0182. The van der Waals surface area contributed by atoms with Crippen LogP contribution in [-0.2, 0) is 9.59 Å². The molecule has 96 valence electrons. The van der Waals surface area contributed by atoms with E-state index in [4.69, 9.17) is 0 Å². The standard InChI is InChI=1S/C14H17NO3/c1-14(2,9-16)15-12(17)8-11(13(15)18)10-6-4-3-5-7-10/h3-7,11,16H,8-9H2,1-2H3. The highest BCUT2D eigenvalue weighted by molar-refractivity contribution is 6.06. The highest BCUT2D eigenvalue weighted by atomic mass is 16.3. The number of likely N-dealkylation sites (tertiary alicyclic amines) is 1. The zero-order valence-corrected chi connectivity index (χ0v) is 10.6. The fourth-order valence-electron chi connectivity index (χ4n) is 2.28. The van der Waals surface area contributed by atoms with Crippen LogP contribution in [0.5, 0.6) is 0 Å². The molecule has 0 aromatic heterocycles. The van der Waals surface area contributed by atoms with E-state index in [-0.39, 0.29) is 24.8 Å². The third-order valence-corrected chi connectivity index (χ3v) is 3.34. The smallest absolute Gasteiger partial charge is 0.237 e. The Morgan fingerprint density at radius 2 is 1.89 bits per heavy atom. The van der Waals surface area contributed by atoms with Gasteiger partial charge in [0.25, 0.3) is 0 Å². The van der Waals surface area contributed by atoms with Crippen LogP contribution in [0.3, 0.4) is 0 Å². The Balaban J connectivity index is 2.31. The zero-order valence-electron chi connectivity index (χ0n) is 10.6. The number of imide groups is 1. The molecule has 1 N–H and O–H groups in total. The number of hydrogen-bond acceptors (Lipinski definition) is 3. The molecular weight excluding hydrogens is 230 g/mol. The SMILES string of the molecule is CC(C)(CO)N1C(=O)CC(c2ccccc2)C1=O. The van der Waals surface area contributed by atoms with E-state index in [1.165, 1.54) is 4.90 Å². The van der Waals surface area contributed by atoms with Gasteiger partial charge in [0.05, 0.1) is 18.1 Å². The number of carbonyl (C=O) groups excluding carboxylic acids is 2. The molecule has 0 spiro atoms. The third-order valence-electron chi connectivity index (χ3n) is 3.34. The lowest BCUT2D eigenvalue weighted by atomic mass is 9.97. The monoisotopic (exact) mass is 247 g/mol. The average Bonchev–Trinajstić information content (AvgIpc) is 2.66. The van der Waals surface area contributed by atoms with E-state index in [0.717, 1.165) is 5.56 Å². The highest BCUT2D eigenvalue weighted by Crippen LogP contribution is 2.33. The summed E-state index contributed by atoms with van der Waals surface area (Å²) in [7, 11) is 0. The molecule has 1 fully saturated rings. The number of hydrogen-bond donors (Lipinski definition) is 1. The van der Waals surface area contributed by atoms with Crippen molar-refractivity contribution in [1.29, 1.82) is 0 Å². The van der Waals surface area contributed by atoms with Crippen molar-refractivity contribution in [3.05, 3.63) is 35.9 Å². The predicted molar refractivity (Wildman–Crippen MR) is 66.8 cm³/mol. The van der Waals surface area contributed by atoms with Gasteiger partial charge in [-0.15, -0.1) is 0 Å². The summed E-state index contributed by atoms with van der Waals surface area (Å²) < 4.78 is 0. The lowest BCUT2D eigenvalue weighted by molar-refractivity contribution is -0.146. The molecule has 0 aliphatic carbocycles. The Morgan fingerprint density at radius 3 is 2.44 bits per heavy atom. The average molecular weight is 247 g/mol. The maximum absolute atomic E-state index is 12.3. The van der Waals surface area contributed by atoms with E-state index in [0.29, 0.717) is 0 Å². The van der Waals surface area contributed by atoms with Crippen LogP contribution < -0.4 is 0 Å². The van der Waals surface area contributed by atoms with Gasteiger partial charge in [-0.2, -0.15) is 0 Å². The van der Waals surface area contributed by atoms with Crippen LogP contribution in [0.2, 0.25) is 0 Å². The van der Waals surface area contributed by atoms with E-state index in [9.17, 15) is 14.7 Å². The van der Waals surface area contributed by atoms with E-state index in [1.807, 2.05) is 30.3 Å². The van der Waals surface area contributed by atoms with Gasteiger partial charge in [-0.05, 0) is 19.4 Å². The van der Waals surface area contributed by atoms with Crippen molar-refractivity contribution in [2.75, 3.05) is 6.61 Å². The molecule has 4 nitrogen and oxygen atoms in total. The molecule has 0 saturated carbocycles. The van der Waals surface area contributed by atoms with E-state index < -0.39 is 11.5 Å². The molecule has 1 aromatic carbocycles. The summed E-state index contributed by atoms with van der Waals surface area (Å²) in [6.07, 6.45) is 0.187. The molecule has 0 bridgehead atoms. The van der Waals surface area contributed by atoms with Crippen molar-refractivity contribution in [2.45, 2.75) is 31.7 Å². The van der Waals surface area contributed by atoms with Crippen LogP contribution >= 0.6 is 0 Å². The Hall–Kier alpha value is -1.68. The zero-order chi connectivity index (χ0) is 13.3. The molecule has 1 aromatic rings. The Morgan fingerprint density at radius 1 is 1.28 bits per heavy atom. The number of benzene rings is 1. The summed E-state index contributed by atoms with van der Waals surface area (Å²) in [6, 6.07) is 9.29. The molecule has 1 aliphatic rings. The van der Waals surface area contributed by atoms with Crippen molar-refractivity contribution in [1.82, 2.24) is 4.90 Å². The van der Waals surface area contributed by atoms with Gasteiger partial charge >= 0.3 is 0 Å². The minimum atomic E-state index is -0.836. The van der Waals surface area contributed by atoms with Crippen molar-refractivity contribution in [3.8, 4) is 0 Å². The second kappa shape index (κ2) is 4.53. The number of aliphatic hydroxyl groups is 1. The van der Waals surface area contributed by atoms with Crippen molar-refractivity contribution in [3.63, 3.8) is 0 Å². The Kier molecular flexibility index (Phi) is 3.22. The lowest BCUT2D eigenvalue weighted by Crippen LogP contribution is -2.50. The number of aliphatic hydroxyl groups excluding tert-OH is 1. The molecule has 1 saturated heterocycles. The summed E-state index contributed by atoms with van der Waals surface area (Å²) in [6.45, 7) is 3.15. The van der Waals surface area contributed by atoms with Crippen LogP contribution in [0.25, 0.3) is 0 Å². The fourth-order valence-corrected chi connectivity index (χ4v) is 2.28. The molecule has 1 aliphatic heterocycles. The summed E-state index contributed by atoms with van der Waals surface area (Å²) >= 11 is 0. The third kappa shape index (κ3) is 2.04. The van der Waals surface area contributed by atoms with E-state index in [1.54, 1.807) is 13.8 Å². The first-order valence-electron chi connectivity index (χ1n) is 6.00. The van der Waals surface area contributed by atoms with Crippen molar-refractivity contribution >= 4 is 11.8 Å². The summed E-state index contributed by atoms with van der Waals surface area (Å²) in [5.74, 6) is -0.845. The van der Waals surface area contributed by atoms with Gasteiger partial charge in [0.1, 0.15) is 0 Å². The van der Waals surface area contributed by atoms with Gasteiger partial charge in [-0.25, -0.2) is 0 Å². The molecule has 2 amide bonds. The Bertz CT molecular complexity index is 467. The molecule has 0 radical (unpaired) electrons. The van der Waals surface area contributed by atoms with Gasteiger partial charge in [-0.3, -0.25) is 14.5 Å². The van der Waals surface area contributed by atoms with Gasteiger partial charge < -0.3 is 5.11 Å². The van der Waals surface area contributed by atoms with Gasteiger partial charge in [-0.1, -0.05) is 30.3 Å². The van der Waals surface area contributed by atoms with Crippen molar-refractivity contribution in [2.24, 2.45) is 0 Å². The van der Waals surface area contributed by atoms with Gasteiger partial charge in [0.15, 0.2) is 0 Å². The fraction of sp³-hybridized carbons (Fsp3) is 0.429. The first-order chi connectivity index (χ1) is 8.47. The normalized spacial score (nSPS) is 20.6. The van der Waals surface area contributed by atoms with Crippen LogP contribution in [-0.4, -0.2) is 34.0 Å². The molecule has 4 heteroatoms. The predicted octanol–water partition coefficient (Wildman–Crippen LogP) is 1.30. The first kappa shape index (κ1) is 12.8. The number of amides is 2. The van der Waals surface area contributed by atoms with Gasteiger partial charge in [0, 0.05) is 6.42 Å². The maximum atomic E-state index is 12.3. The van der Waals surface area contributed by atoms with Crippen LogP contribution in [0.1, 0.15) is 31.7 Å². The van der Waals surface area contributed by atoms with Crippen molar-refractivity contribution < 1.29 is 14.7 Å². The molecule has 2 rings (SSSR count). The minimum Gasteiger partial charge on any atom is -0.394 e. The van der Waals surface area contributed by atoms with Crippen LogP contribution in [0, 0.1) is 0 Å². The lowest BCUT2D eigenvalue weighted by Gasteiger charge is -2.32. The quantitative estimate of drug-likeness (QED) is 0.819. The molecule has 18 heavy (non-hydrogen) atoms.